The van der Waals surface area contributed by atoms with Gasteiger partial charge in [-0.3, -0.25) is 4.32 Å². The molecule has 0 saturated heterocycles. The topological polar surface area (TPSA) is 29.5 Å². The predicted molar refractivity (Wildman–Crippen MR) is 89.4 cm³/mol. The highest BCUT2D eigenvalue weighted by molar-refractivity contribution is 6.33. The van der Waals surface area contributed by atoms with E-state index in [2.05, 4.69) is 0 Å². The molecule has 0 radical (unpaired) electrons. The number of rotatable bonds is 5. The summed E-state index contributed by atoms with van der Waals surface area (Å²) < 4.78 is 19.1. The highest BCUT2D eigenvalue weighted by atomic mass is 19.1. The fourth-order valence-corrected chi connectivity index (χ4v) is 2.87. The van der Waals surface area contributed by atoms with Crippen LogP contribution in [0.2, 0.25) is 0 Å². The zero-order chi connectivity index (χ0) is 16.1. The number of hydrogen-bond donors (Lipinski definition) is 1. The number of benzene rings is 3. The molecule has 0 bridgehead atoms. The standard InChI is InChI=1S/C19H16BFO2/c21-20(22)23-19(16-10-4-1-5-11-16,17-12-6-2-7-13-17)18-14-8-3-9-15-18/h1-15,22H. The largest absolute Gasteiger partial charge is 0.678 e. The van der Waals surface area contributed by atoms with Crippen LogP contribution in [0.5, 0.6) is 0 Å². The summed E-state index contributed by atoms with van der Waals surface area (Å²) in [5, 5.41) is 9.38. The molecule has 114 valence electrons. The molecular formula is C19H16BFO2. The second kappa shape index (κ2) is 6.77. The highest BCUT2D eigenvalue weighted by Gasteiger charge is 2.41. The van der Waals surface area contributed by atoms with Gasteiger partial charge >= 0.3 is 7.40 Å². The summed E-state index contributed by atoms with van der Waals surface area (Å²) in [6.07, 6.45) is 0. The molecule has 3 aromatic rings. The first-order valence-electron chi connectivity index (χ1n) is 7.40. The Kier molecular flexibility index (Phi) is 4.56. The zero-order valence-corrected chi connectivity index (χ0v) is 12.5. The van der Waals surface area contributed by atoms with Gasteiger partial charge in [0.05, 0.1) is 0 Å². The van der Waals surface area contributed by atoms with Crippen molar-refractivity contribution < 1.29 is 14.0 Å². The van der Waals surface area contributed by atoms with Crippen LogP contribution in [0.3, 0.4) is 0 Å². The molecule has 0 atom stereocenters. The lowest BCUT2D eigenvalue weighted by Crippen LogP contribution is -2.37. The van der Waals surface area contributed by atoms with Crippen molar-refractivity contribution in [1.29, 1.82) is 0 Å². The van der Waals surface area contributed by atoms with Gasteiger partial charge in [0.25, 0.3) is 0 Å². The fraction of sp³-hybridized carbons (Fsp3) is 0.0526. The molecule has 0 spiro atoms. The fourth-order valence-electron chi connectivity index (χ4n) is 2.87. The number of hydrogen-bond acceptors (Lipinski definition) is 2. The summed E-state index contributed by atoms with van der Waals surface area (Å²) in [5.41, 5.74) is 1.01. The average Bonchev–Trinajstić information content (AvgIpc) is 2.62. The van der Waals surface area contributed by atoms with Gasteiger partial charge in [-0.1, -0.05) is 91.0 Å². The van der Waals surface area contributed by atoms with Crippen LogP contribution >= 0.6 is 0 Å². The molecule has 2 nitrogen and oxygen atoms in total. The van der Waals surface area contributed by atoms with E-state index in [-0.39, 0.29) is 0 Å². The van der Waals surface area contributed by atoms with Gasteiger partial charge in [-0.15, -0.1) is 0 Å². The second-order valence-electron chi connectivity index (χ2n) is 5.19. The van der Waals surface area contributed by atoms with E-state index in [9.17, 15) is 9.34 Å². The van der Waals surface area contributed by atoms with E-state index in [1.807, 2.05) is 91.0 Å². The first-order chi connectivity index (χ1) is 11.2. The molecule has 23 heavy (non-hydrogen) atoms. The molecule has 0 aliphatic rings. The molecule has 0 aliphatic carbocycles. The van der Waals surface area contributed by atoms with Crippen molar-refractivity contribution >= 4 is 7.40 Å². The Morgan fingerprint density at radius 1 is 0.652 bits per heavy atom. The molecule has 3 rings (SSSR count). The van der Waals surface area contributed by atoms with Gasteiger partial charge in [0.2, 0.25) is 0 Å². The van der Waals surface area contributed by atoms with E-state index >= 15 is 0 Å². The molecule has 1 N–H and O–H groups in total. The summed E-state index contributed by atoms with van der Waals surface area (Å²) in [5.74, 6) is 0. The minimum atomic E-state index is -2.41. The molecule has 0 aliphatic heterocycles. The number of halogens is 1. The third kappa shape index (κ3) is 3.04. The van der Waals surface area contributed by atoms with E-state index in [1.54, 1.807) is 0 Å². The van der Waals surface area contributed by atoms with Crippen LogP contribution in [0, 0.1) is 0 Å². The molecule has 0 saturated carbocycles. The lowest BCUT2D eigenvalue weighted by Gasteiger charge is -2.35. The molecule has 0 aromatic heterocycles. The lowest BCUT2D eigenvalue weighted by atomic mass is 9.79. The summed E-state index contributed by atoms with van der Waals surface area (Å²) in [6, 6.07) is 28.0. The average molecular weight is 306 g/mol. The van der Waals surface area contributed by atoms with Gasteiger partial charge in [-0.05, 0) is 16.7 Å². The monoisotopic (exact) mass is 306 g/mol. The molecule has 0 heterocycles. The van der Waals surface area contributed by atoms with Gasteiger partial charge in [0.1, 0.15) is 5.60 Å². The maximum Gasteiger partial charge on any atom is 0.678 e. The van der Waals surface area contributed by atoms with Crippen molar-refractivity contribution in [1.82, 2.24) is 0 Å². The van der Waals surface area contributed by atoms with Crippen LogP contribution in [0.25, 0.3) is 0 Å². The predicted octanol–water partition coefficient (Wildman–Crippen LogP) is 3.94. The van der Waals surface area contributed by atoms with Crippen LogP contribution < -0.4 is 0 Å². The van der Waals surface area contributed by atoms with Crippen molar-refractivity contribution in [3.63, 3.8) is 0 Å². The Labute approximate surface area is 135 Å². The van der Waals surface area contributed by atoms with E-state index in [0.717, 1.165) is 16.7 Å². The minimum absolute atomic E-state index is 0.745. The smallest absolute Gasteiger partial charge is 0.398 e. The summed E-state index contributed by atoms with van der Waals surface area (Å²) in [4.78, 5) is 0. The van der Waals surface area contributed by atoms with Crippen molar-refractivity contribution in [2.75, 3.05) is 0 Å². The molecule has 0 fully saturated rings. The maximum absolute atomic E-state index is 13.6. The zero-order valence-electron chi connectivity index (χ0n) is 12.5. The SMILES string of the molecule is OB(F)OC(c1ccccc1)(c1ccccc1)c1ccccc1. The Morgan fingerprint density at radius 2 is 0.957 bits per heavy atom. The van der Waals surface area contributed by atoms with Crippen LogP contribution in [-0.4, -0.2) is 12.4 Å². The summed E-state index contributed by atoms with van der Waals surface area (Å²) >= 11 is 0. The van der Waals surface area contributed by atoms with E-state index in [0.29, 0.717) is 0 Å². The molecule has 0 amide bonds. The quantitative estimate of drug-likeness (QED) is 0.571. The van der Waals surface area contributed by atoms with Crippen LogP contribution in [0.15, 0.2) is 91.0 Å². The van der Waals surface area contributed by atoms with Gasteiger partial charge in [0, 0.05) is 0 Å². The third-order valence-corrected chi connectivity index (χ3v) is 3.81. The highest BCUT2D eigenvalue weighted by Crippen LogP contribution is 2.40. The summed E-state index contributed by atoms with van der Waals surface area (Å²) in [6.45, 7) is 0. The maximum atomic E-state index is 13.6. The van der Waals surface area contributed by atoms with Crippen LogP contribution in [0.1, 0.15) is 16.7 Å². The van der Waals surface area contributed by atoms with Crippen molar-refractivity contribution in [3.05, 3.63) is 108 Å². The summed E-state index contributed by atoms with van der Waals surface area (Å²) in [7, 11) is -2.41. The Hall–Kier alpha value is -2.43. The lowest BCUT2D eigenvalue weighted by molar-refractivity contribution is 0.100. The van der Waals surface area contributed by atoms with Crippen LogP contribution in [-0.2, 0) is 10.3 Å². The third-order valence-electron chi connectivity index (χ3n) is 3.81. The van der Waals surface area contributed by atoms with Crippen molar-refractivity contribution in [3.8, 4) is 0 Å². The molecular weight excluding hydrogens is 290 g/mol. The van der Waals surface area contributed by atoms with Gasteiger partial charge in [-0.25, -0.2) is 0 Å². The van der Waals surface area contributed by atoms with Gasteiger partial charge < -0.3 is 9.68 Å². The van der Waals surface area contributed by atoms with E-state index in [4.69, 9.17) is 4.65 Å². The van der Waals surface area contributed by atoms with E-state index in [1.165, 1.54) is 0 Å². The Morgan fingerprint density at radius 3 is 1.22 bits per heavy atom. The van der Waals surface area contributed by atoms with Gasteiger partial charge in [-0.2, -0.15) is 0 Å². The molecule has 3 aromatic carbocycles. The second-order valence-corrected chi connectivity index (χ2v) is 5.19. The van der Waals surface area contributed by atoms with Crippen LogP contribution in [0.4, 0.5) is 4.32 Å². The van der Waals surface area contributed by atoms with Crippen molar-refractivity contribution in [2.45, 2.75) is 5.60 Å². The minimum Gasteiger partial charge on any atom is -0.398 e. The molecule has 4 heteroatoms. The first-order valence-corrected chi connectivity index (χ1v) is 7.40. The Bertz CT molecular complexity index is 636. The normalized spacial score (nSPS) is 11.2. The van der Waals surface area contributed by atoms with Crippen molar-refractivity contribution in [2.24, 2.45) is 0 Å². The first kappa shape index (κ1) is 15.5. The Balaban J connectivity index is 2.30. The van der Waals surface area contributed by atoms with E-state index < -0.39 is 13.0 Å². The molecule has 0 unspecified atom stereocenters. The van der Waals surface area contributed by atoms with Gasteiger partial charge in [0.15, 0.2) is 0 Å².